The van der Waals surface area contributed by atoms with Crippen molar-refractivity contribution >= 4 is 0 Å². The van der Waals surface area contributed by atoms with E-state index < -0.39 is 0 Å². The Kier molecular flexibility index (Phi) is 1.26. The molecule has 0 aromatic carbocycles. The summed E-state index contributed by atoms with van der Waals surface area (Å²) in [5, 5.41) is 0. The third kappa shape index (κ3) is 0.710. The summed E-state index contributed by atoms with van der Waals surface area (Å²) in [5.74, 6) is 3.05. The van der Waals surface area contributed by atoms with E-state index in [1.807, 2.05) is 0 Å². The molecule has 1 heteroatoms. The molecule has 0 radical (unpaired) electrons. The van der Waals surface area contributed by atoms with Gasteiger partial charge in [-0.3, -0.25) is 0 Å². The zero-order chi connectivity index (χ0) is 6.27. The Morgan fingerprint density at radius 1 is 1.11 bits per heavy atom. The van der Waals surface area contributed by atoms with Crippen LogP contribution in [0.5, 0.6) is 0 Å². The van der Waals surface area contributed by atoms with E-state index in [4.69, 9.17) is 5.73 Å². The first-order valence-corrected chi connectivity index (χ1v) is 4.12. The quantitative estimate of drug-likeness (QED) is 0.563. The zero-order valence-corrected chi connectivity index (χ0v) is 5.84. The van der Waals surface area contributed by atoms with Crippen molar-refractivity contribution in [3.8, 4) is 0 Å². The van der Waals surface area contributed by atoms with E-state index in [0.29, 0.717) is 0 Å². The molecule has 2 saturated carbocycles. The highest BCUT2D eigenvalue weighted by Gasteiger charge is 2.40. The Hall–Kier alpha value is -0.0400. The van der Waals surface area contributed by atoms with Gasteiger partial charge in [-0.05, 0) is 50.0 Å². The maximum atomic E-state index is 5.62. The van der Waals surface area contributed by atoms with Crippen molar-refractivity contribution in [3.63, 3.8) is 0 Å². The number of nitrogens with two attached hydrogens (primary N) is 1. The Bertz CT molecular complexity index is 109. The number of fused-ring (bicyclic) bond motifs is 1. The molecule has 0 aromatic heterocycles. The first kappa shape index (κ1) is 5.72. The lowest BCUT2D eigenvalue weighted by atomic mass is 9.73. The minimum atomic E-state index is 0.906. The van der Waals surface area contributed by atoms with Crippen molar-refractivity contribution in [2.75, 3.05) is 6.54 Å². The third-order valence-corrected chi connectivity index (χ3v) is 3.29. The monoisotopic (exact) mass is 125 g/mol. The van der Waals surface area contributed by atoms with Crippen LogP contribution in [0, 0.1) is 17.8 Å². The molecule has 9 heavy (non-hydrogen) atoms. The fourth-order valence-corrected chi connectivity index (χ4v) is 2.51. The van der Waals surface area contributed by atoms with Gasteiger partial charge in [0.15, 0.2) is 0 Å². The number of hydrogen-bond donors (Lipinski definition) is 1. The van der Waals surface area contributed by atoms with E-state index in [0.717, 1.165) is 24.3 Å². The summed E-state index contributed by atoms with van der Waals surface area (Å²) in [6, 6.07) is 0. The smallest absolute Gasteiger partial charge is 0.00461 e. The van der Waals surface area contributed by atoms with Gasteiger partial charge in [0.25, 0.3) is 0 Å². The van der Waals surface area contributed by atoms with Crippen molar-refractivity contribution in [2.24, 2.45) is 23.5 Å². The summed E-state index contributed by atoms with van der Waals surface area (Å²) in [7, 11) is 0. The van der Waals surface area contributed by atoms with Gasteiger partial charge >= 0.3 is 0 Å². The third-order valence-electron chi connectivity index (χ3n) is 3.29. The van der Waals surface area contributed by atoms with Crippen molar-refractivity contribution in [1.29, 1.82) is 0 Å². The maximum absolute atomic E-state index is 5.62. The summed E-state index contributed by atoms with van der Waals surface area (Å²) < 4.78 is 0. The molecule has 0 heterocycles. The Morgan fingerprint density at radius 2 is 1.89 bits per heavy atom. The minimum Gasteiger partial charge on any atom is -0.330 e. The SMILES string of the molecule is NCC1CCC2CCC12. The Balaban J connectivity index is 1.97. The lowest BCUT2D eigenvalue weighted by Crippen LogP contribution is -2.28. The minimum absolute atomic E-state index is 0.906. The molecule has 0 spiro atoms. The standard InChI is InChI=1S/C8H15N/c9-5-7-2-1-6-3-4-8(6)7/h6-8H,1-5,9H2. The molecule has 2 fully saturated rings. The fraction of sp³-hybridized carbons (Fsp3) is 1.00. The topological polar surface area (TPSA) is 26.0 Å². The van der Waals surface area contributed by atoms with Crippen LogP contribution >= 0.6 is 0 Å². The van der Waals surface area contributed by atoms with Crippen LogP contribution in [0.2, 0.25) is 0 Å². The lowest BCUT2D eigenvalue weighted by Gasteiger charge is -2.33. The predicted molar refractivity (Wildman–Crippen MR) is 38.0 cm³/mol. The summed E-state index contributed by atoms with van der Waals surface area (Å²) >= 11 is 0. The van der Waals surface area contributed by atoms with E-state index in [-0.39, 0.29) is 0 Å². The molecule has 2 aliphatic rings. The maximum Gasteiger partial charge on any atom is -0.00461 e. The molecule has 3 atom stereocenters. The molecule has 1 nitrogen and oxygen atoms in total. The van der Waals surface area contributed by atoms with Gasteiger partial charge in [-0.1, -0.05) is 0 Å². The van der Waals surface area contributed by atoms with Gasteiger partial charge in [0.05, 0.1) is 0 Å². The summed E-state index contributed by atoms with van der Waals surface area (Å²) in [6.45, 7) is 0.946. The molecule has 0 amide bonds. The van der Waals surface area contributed by atoms with E-state index in [9.17, 15) is 0 Å². The van der Waals surface area contributed by atoms with Gasteiger partial charge in [-0.15, -0.1) is 0 Å². The van der Waals surface area contributed by atoms with Gasteiger partial charge in [-0.2, -0.15) is 0 Å². The van der Waals surface area contributed by atoms with E-state index in [2.05, 4.69) is 0 Å². The van der Waals surface area contributed by atoms with Gasteiger partial charge in [0.1, 0.15) is 0 Å². The summed E-state index contributed by atoms with van der Waals surface area (Å²) in [4.78, 5) is 0. The molecule has 0 aliphatic heterocycles. The van der Waals surface area contributed by atoms with Crippen molar-refractivity contribution in [2.45, 2.75) is 25.7 Å². The van der Waals surface area contributed by atoms with Crippen LogP contribution in [0.1, 0.15) is 25.7 Å². The zero-order valence-electron chi connectivity index (χ0n) is 5.84. The molecule has 0 bridgehead atoms. The predicted octanol–water partition coefficient (Wildman–Crippen LogP) is 1.38. The van der Waals surface area contributed by atoms with Crippen molar-refractivity contribution < 1.29 is 0 Å². The first-order chi connectivity index (χ1) is 4.42. The normalized spacial score (nSPS) is 48.3. The van der Waals surface area contributed by atoms with Crippen molar-refractivity contribution in [3.05, 3.63) is 0 Å². The van der Waals surface area contributed by atoms with Crippen LogP contribution in [0.4, 0.5) is 0 Å². The summed E-state index contributed by atoms with van der Waals surface area (Å²) in [5.41, 5.74) is 5.62. The van der Waals surface area contributed by atoms with Crippen LogP contribution in [-0.2, 0) is 0 Å². The first-order valence-electron chi connectivity index (χ1n) is 4.12. The average Bonchev–Trinajstić information content (AvgIpc) is 2.07. The lowest BCUT2D eigenvalue weighted by molar-refractivity contribution is 0.175. The van der Waals surface area contributed by atoms with Crippen LogP contribution < -0.4 is 5.73 Å². The van der Waals surface area contributed by atoms with E-state index in [1.54, 1.807) is 0 Å². The van der Waals surface area contributed by atoms with Crippen LogP contribution in [0.3, 0.4) is 0 Å². The number of hydrogen-bond acceptors (Lipinski definition) is 1. The molecular formula is C8H15N. The summed E-state index contributed by atoms with van der Waals surface area (Å²) in [6.07, 6.45) is 5.88. The molecule has 52 valence electrons. The largest absolute Gasteiger partial charge is 0.330 e. The second kappa shape index (κ2) is 1.98. The highest BCUT2D eigenvalue weighted by atomic mass is 14.6. The van der Waals surface area contributed by atoms with Crippen LogP contribution in [0.15, 0.2) is 0 Å². The van der Waals surface area contributed by atoms with Gasteiger partial charge in [-0.25, -0.2) is 0 Å². The van der Waals surface area contributed by atoms with Crippen LogP contribution in [-0.4, -0.2) is 6.54 Å². The fourth-order valence-electron chi connectivity index (χ4n) is 2.51. The number of rotatable bonds is 1. The molecular weight excluding hydrogens is 110 g/mol. The van der Waals surface area contributed by atoms with Gasteiger partial charge in [0, 0.05) is 0 Å². The molecule has 0 aromatic rings. The molecule has 3 unspecified atom stereocenters. The molecule has 2 aliphatic carbocycles. The second-order valence-corrected chi connectivity index (χ2v) is 3.57. The highest BCUT2D eigenvalue weighted by Crippen LogP contribution is 2.49. The van der Waals surface area contributed by atoms with Crippen molar-refractivity contribution in [1.82, 2.24) is 0 Å². The molecule has 2 N–H and O–H groups in total. The van der Waals surface area contributed by atoms with E-state index in [1.165, 1.54) is 25.7 Å². The molecule has 2 rings (SSSR count). The highest BCUT2D eigenvalue weighted by molar-refractivity contribution is 4.92. The van der Waals surface area contributed by atoms with E-state index >= 15 is 0 Å². The average molecular weight is 125 g/mol. The van der Waals surface area contributed by atoms with Gasteiger partial charge < -0.3 is 5.73 Å². The van der Waals surface area contributed by atoms with Gasteiger partial charge in [0.2, 0.25) is 0 Å². The molecule has 0 saturated heterocycles. The second-order valence-electron chi connectivity index (χ2n) is 3.57. The Labute approximate surface area is 56.6 Å². The van der Waals surface area contributed by atoms with Crippen LogP contribution in [0.25, 0.3) is 0 Å². The Morgan fingerprint density at radius 3 is 2.22 bits per heavy atom.